The van der Waals surface area contributed by atoms with Crippen molar-refractivity contribution in [2.24, 2.45) is 0 Å². The number of carbonyl (C=O) groups is 2. The first-order valence-corrected chi connectivity index (χ1v) is 6.46. The summed E-state index contributed by atoms with van der Waals surface area (Å²) in [4.78, 5) is 24.1. The van der Waals surface area contributed by atoms with Crippen LogP contribution in [0.3, 0.4) is 0 Å². The molecule has 1 aliphatic carbocycles. The molecule has 1 aromatic rings. The number of hydrogen-bond acceptors (Lipinski definition) is 3. The highest BCUT2D eigenvalue weighted by Crippen LogP contribution is 2.22. The lowest BCUT2D eigenvalue weighted by Crippen LogP contribution is -2.31. The second-order valence-electron chi connectivity index (χ2n) is 4.67. The first kappa shape index (κ1) is 13.3. The first-order valence-electron chi connectivity index (χ1n) is 6.46. The average molecular weight is 255 g/mol. The van der Waals surface area contributed by atoms with E-state index < -0.39 is 0 Å². The van der Waals surface area contributed by atoms with Crippen LogP contribution < -0.4 is 5.32 Å². The minimum atomic E-state index is -0.149. The van der Waals surface area contributed by atoms with Crippen molar-refractivity contribution < 1.29 is 9.59 Å². The lowest BCUT2D eigenvalue weighted by molar-refractivity contribution is -0.114. The molecule has 1 aromatic carbocycles. The zero-order valence-electron chi connectivity index (χ0n) is 11.1. The Hall–Kier alpha value is -2.16. The number of rotatable bonds is 4. The van der Waals surface area contributed by atoms with E-state index in [1.807, 2.05) is 44.2 Å². The summed E-state index contributed by atoms with van der Waals surface area (Å²) in [5, 5.41) is 3.10. The van der Waals surface area contributed by atoms with E-state index in [0.29, 0.717) is 11.3 Å². The summed E-state index contributed by atoms with van der Waals surface area (Å²) in [6, 6.07) is 9.43. The molecular weight excluding hydrogens is 238 g/mol. The van der Waals surface area contributed by atoms with Gasteiger partial charge < -0.3 is 5.32 Å². The molecule has 0 fully saturated rings. The topological polar surface area (TPSA) is 46.2 Å². The predicted octanol–water partition coefficient (Wildman–Crippen LogP) is 2.49. The first-order chi connectivity index (χ1) is 9.11. The van der Waals surface area contributed by atoms with E-state index in [-0.39, 0.29) is 17.6 Å². The smallest absolute Gasteiger partial charge is 0.209 e. The molecule has 19 heavy (non-hydrogen) atoms. The molecule has 0 aromatic heterocycles. The number of hydrogen-bond donors (Lipinski definition) is 1. The molecule has 2 rings (SSSR count). The van der Waals surface area contributed by atoms with Crippen LogP contribution in [0.25, 0.3) is 5.57 Å². The summed E-state index contributed by atoms with van der Waals surface area (Å²) >= 11 is 0. The van der Waals surface area contributed by atoms with Gasteiger partial charge in [0.05, 0.1) is 5.70 Å². The van der Waals surface area contributed by atoms with Crippen molar-refractivity contribution in [3.05, 3.63) is 53.7 Å². The van der Waals surface area contributed by atoms with E-state index in [1.54, 1.807) is 0 Å². The molecule has 0 spiro atoms. The third-order valence-electron chi connectivity index (χ3n) is 3.16. The van der Waals surface area contributed by atoms with Gasteiger partial charge in [0.2, 0.25) is 5.78 Å². The van der Waals surface area contributed by atoms with Gasteiger partial charge >= 0.3 is 0 Å². The minimum absolute atomic E-state index is 0.119. The van der Waals surface area contributed by atoms with E-state index >= 15 is 0 Å². The normalized spacial score (nSPS) is 16.7. The van der Waals surface area contributed by atoms with E-state index in [4.69, 9.17) is 0 Å². The number of nitrogens with one attached hydrogen (secondary N) is 1. The molecule has 0 amide bonds. The Bertz CT molecular complexity index is 555. The van der Waals surface area contributed by atoms with Gasteiger partial charge in [-0.05, 0) is 25.0 Å². The zero-order chi connectivity index (χ0) is 13.8. The van der Waals surface area contributed by atoms with Crippen molar-refractivity contribution >= 4 is 17.1 Å². The van der Waals surface area contributed by atoms with Crippen LogP contribution in [0.1, 0.15) is 25.8 Å². The van der Waals surface area contributed by atoms with Crippen molar-refractivity contribution in [1.82, 2.24) is 5.32 Å². The van der Waals surface area contributed by atoms with Crippen LogP contribution in [0, 0.1) is 0 Å². The third kappa shape index (κ3) is 2.99. The number of benzene rings is 1. The Balaban J connectivity index is 2.29. The molecule has 1 N–H and O–H groups in total. The lowest BCUT2D eigenvalue weighted by atomic mass is 9.94. The Morgan fingerprint density at radius 3 is 2.42 bits per heavy atom. The fourth-order valence-electron chi connectivity index (χ4n) is 1.91. The van der Waals surface area contributed by atoms with Gasteiger partial charge in [0.1, 0.15) is 0 Å². The Morgan fingerprint density at radius 2 is 1.79 bits per heavy atom. The van der Waals surface area contributed by atoms with Gasteiger partial charge in [-0.25, -0.2) is 0 Å². The highest BCUT2D eigenvalue weighted by atomic mass is 16.1. The van der Waals surface area contributed by atoms with Crippen LogP contribution in [-0.2, 0) is 9.59 Å². The van der Waals surface area contributed by atoms with Gasteiger partial charge in [0.15, 0.2) is 5.78 Å². The molecule has 0 radical (unpaired) electrons. The van der Waals surface area contributed by atoms with Crippen molar-refractivity contribution in [1.29, 1.82) is 0 Å². The lowest BCUT2D eigenvalue weighted by Gasteiger charge is -2.19. The average Bonchev–Trinajstić information content (AvgIpc) is 2.43. The highest BCUT2D eigenvalue weighted by Gasteiger charge is 2.23. The molecule has 0 aliphatic heterocycles. The summed E-state index contributed by atoms with van der Waals surface area (Å²) in [5.41, 5.74) is 1.62. The highest BCUT2D eigenvalue weighted by molar-refractivity contribution is 6.36. The predicted molar refractivity (Wildman–Crippen MR) is 75.4 cm³/mol. The van der Waals surface area contributed by atoms with Gasteiger partial charge in [-0.2, -0.15) is 0 Å². The molecule has 1 atom stereocenters. The van der Waals surface area contributed by atoms with Crippen LogP contribution in [0.5, 0.6) is 0 Å². The van der Waals surface area contributed by atoms with E-state index in [2.05, 4.69) is 5.32 Å². The SMILES string of the molecule is CCC(C)NC1=CC(=O)C=C(c2ccccc2)C1=O. The standard InChI is InChI=1S/C16H17NO2/c1-3-11(2)17-15-10-13(18)9-14(16(15)19)12-7-5-4-6-8-12/h4-11,17H,3H2,1-2H3. The van der Waals surface area contributed by atoms with Crippen molar-refractivity contribution in [3.63, 3.8) is 0 Å². The zero-order valence-corrected chi connectivity index (χ0v) is 11.1. The molecule has 3 nitrogen and oxygen atoms in total. The molecule has 1 unspecified atom stereocenters. The maximum absolute atomic E-state index is 12.4. The summed E-state index contributed by atoms with van der Waals surface area (Å²) in [6.45, 7) is 4.01. The van der Waals surface area contributed by atoms with Crippen LogP contribution >= 0.6 is 0 Å². The van der Waals surface area contributed by atoms with Crippen LogP contribution in [0.4, 0.5) is 0 Å². The maximum Gasteiger partial charge on any atom is 0.209 e. The number of Topliss-reactive ketones (excluding diaryl/α,β-unsaturated/α-hetero) is 1. The monoisotopic (exact) mass is 255 g/mol. The molecule has 1 aliphatic rings. The molecule has 3 heteroatoms. The Labute approximate surface area is 113 Å². The quantitative estimate of drug-likeness (QED) is 0.841. The van der Waals surface area contributed by atoms with E-state index in [9.17, 15) is 9.59 Å². The molecule has 0 heterocycles. The van der Waals surface area contributed by atoms with Gasteiger partial charge in [0.25, 0.3) is 0 Å². The van der Waals surface area contributed by atoms with Crippen LogP contribution in [0.15, 0.2) is 48.2 Å². The van der Waals surface area contributed by atoms with Crippen molar-refractivity contribution in [2.75, 3.05) is 0 Å². The maximum atomic E-state index is 12.4. The molecule has 98 valence electrons. The summed E-state index contributed by atoms with van der Waals surface area (Å²) < 4.78 is 0. The van der Waals surface area contributed by atoms with Gasteiger partial charge in [-0.3, -0.25) is 9.59 Å². The van der Waals surface area contributed by atoms with Crippen molar-refractivity contribution in [2.45, 2.75) is 26.3 Å². The fraction of sp³-hybridized carbons (Fsp3) is 0.250. The van der Waals surface area contributed by atoms with Gasteiger partial charge in [-0.1, -0.05) is 37.3 Å². The van der Waals surface area contributed by atoms with Crippen molar-refractivity contribution in [3.8, 4) is 0 Å². The molecule has 0 bridgehead atoms. The summed E-state index contributed by atoms with van der Waals surface area (Å²) in [7, 11) is 0. The molecule has 0 saturated heterocycles. The summed E-state index contributed by atoms with van der Waals surface area (Å²) in [6.07, 6.45) is 3.67. The van der Waals surface area contributed by atoms with Gasteiger partial charge in [-0.15, -0.1) is 0 Å². The van der Waals surface area contributed by atoms with E-state index in [0.717, 1.165) is 12.0 Å². The second-order valence-corrected chi connectivity index (χ2v) is 4.67. The largest absolute Gasteiger partial charge is 0.379 e. The fourth-order valence-corrected chi connectivity index (χ4v) is 1.91. The molecular formula is C16H17NO2. The van der Waals surface area contributed by atoms with Gasteiger partial charge in [0, 0.05) is 17.7 Å². The second kappa shape index (κ2) is 5.65. The molecule has 0 saturated carbocycles. The van der Waals surface area contributed by atoms with Crippen LogP contribution in [0.2, 0.25) is 0 Å². The minimum Gasteiger partial charge on any atom is -0.379 e. The number of carbonyl (C=O) groups excluding carboxylic acids is 2. The Kier molecular flexibility index (Phi) is 3.95. The number of ketones is 2. The number of allylic oxidation sites excluding steroid dienone is 3. The Morgan fingerprint density at radius 1 is 1.11 bits per heavy atom. The summed E-state index contributed by atoms with van der Waals surface area (Å²) in [5.74, 6) is -0.268. The van der Waals surface area contributed by atoms with Crippen LogP contribution in [-0.4, -0.2) is 17.6 Å². The third-order valence-corrected chi connectivity index (χ3v) is 3.16. The van der Waals surface area contributed by atoms with E-state index in [1.165, 1.54) is 12.2 Å².